The van der Waals surface area contributed by atoms with E-state index in [2.05, 4.69) is 311 Å². The SMILES string of the molecule is CC(C)(C)c1cc2c3c(c1)N(c1c(-c4ccccc4)cc(-c4ccccc4)cc1-c1ccccc1)c1cc(-c4ccc5c(-c6ccccc6)c6ccccc6c(-c6ccccc6)c5c4)ccc1B3c1ccc(-c3ccccc3)cc1S2. The van der Waals surface area contributed by atoms with E-state index in [9.17, 15) is 0 Å². The van der Waals surface area contributed by atoms with Crippen LogP contribution in [0.3, 0.4) is 0 Å². The minimum absolute atomic E-state index is 0.0181. The Balaban J connectivity index is 1.05. The van der Waals surface area contributed by atoms with Crippen molar-refractivity contribution >= 4 is 73.5 Å². The van der Waals surface area contributed by atoms with E-state index in [1.165, 1.54) is 137 Å². The van der Waals surface area contributed by atoms with E-state index in [-0.39, 0.29) is 12.1 Å². The molecule has 2 aliphatic rings. The van der Waals surface area contributed by atoms with E-state index >= 15 is 0 Å². The maximum absolute atomic E-state index is 2.68. The summed E-state index contributed by atoms with van der Waals surface area (Å²) >= 11 is 1.94. The third-order valence-corrected chi connectivity index (χ3v) is 18.0. The van der Waals surface area contributed by atoms with Crippen LogP contribution in [0.2, 0.25) is 0 Å². The van der Waals surface area contributed by atoms with Gasteiger partial charge in [-0.3, -0.25) is 0 Å². The van der Waals surface area contributed by atoms with Crippen molar-refractivity contribution in [1.82, 2.24) is 0 Å². The maximum atomic E-state index is 2.68. The van der Waals surface area contributed by atoms with E-state index in [0.717, 1.165) is 11.3 Å². The minimum atomic E-state index is -0.145. The van der Waals surface area contributed by atoms with Crippen LogP contribution >= 0.6 is 11.8 Å². The molecule has 0 saturated heterocycles. The molecule has 0 unspecified atom stereocenters. The first-order valence-electron chi connectivity index (χ1n) is 28.3. The van der Waals surface area contributed by atoms with E-state index in [0.29, 0.717) is 0 Å². The Kier molecular flexibility index (Phi) is 11.9. The summed E-state index contributed by atoms with van der Waals surface area (Å²) in [6.45, 7) is 7.07. The van der Waals surface area contributed by atoms with Crippen LogP contribution in [-0.4, -0.2) is 6.71 Å². The molecular weight excluding hydrogens is 994 g/mol. The molecule has 15 rings (SSSR count). The highest BCUT2D eigenvalue weighted by Gasteiger charge is 2.43. The van der Waals surface area contributed by atoms with Gasteiger partial charge in [0.1, 0.15) is 0 Å². The molecule has 13 aromatic carbocycles. The fourth-order valence-electron chi connectivity index (χ4n) is 12.9. The molecule has 0 radical (unpaired) electrons. The predicted octanol–water partition coefficient (Wildman–Crippen LogP) is 19.7. The monoisotopic (exact) mass is 1050 g/mol. The van der Waals surface area contributed by atoms with Crippen LogP contribution in [0.4, 0.5) is 17.1 Å². The van der Waals surface area contributed by atoms with Gasteiger partial charge in [-0.2, -0.15) is 0 Å². The summed E-state index contributed by atoms with van der Waals surface area (Å²) in [6.07, 6.45) is 0. The second-order valence-electron chi connectivity index (χ2n) is 22.7. The highest BCUT2D eigenvalue weighted by atomic mass is 32.2. The number of hydrogen-bond donors (Lipinski definition) is 0. The zero-order valence-corrected chi connectivity index (χ0v) is 46.4. The van der Waals surface area contributed by atoms with Gasteiger partial charge in [-0.05, 0) is 153 Å². The van der Waals surface area contributed by atoms with Crippen LogP contribution in [0.5, 0.6) is 0 Å². The molecule has 0 spiro atoms. The molecule has 81 heavy (non-hydrogen) atoms. The number of benzene rings is 13. The summed E-state index contributed by atoms with van der Waals surface area (Å²) in [5.41, 5.74) is 25.5. The summed E-state index contributed by atoms with van der Waals surface area (Å²) in [5, 5.41) is 4.97. The molecule has 0 N–H and O–H groups in total. The van der Waals surface area contributed by atoms with E-state index < -0.39 is 0 Å². The molecule has 13 aromatic rings. The average Bonchev–Trinajstić information content (AvgIpc) is 3.69. The van der Waals surface area contributed by atoms with Crippen molar-refractivity contribution in [2.24, 2.45) is 0 Å². The summed E-state index contributed by atoms with van der Waals surface area (Å²) in [6, 6.07) is 107. The first-order chi connectivity index (χ1) is 39.8. The normalized spacial score (nSPS) is 12.5. The summed E-state index contributed by atoms with van der Waals surface area (Å²) in [5.74, 6) is 0. The van der Waals surface area contributed by atoms with Gasteiger partial charge in [0.05, 0.1) is 5.69 Å². The molecule has 0 fully saturated rings. The zero-order valence-electron chi connectivity index (χ0n) is 45.6. The fraction of sp³-hybridized carbons (Fsp3) is 0.0513. The van der Waals surface area contributed by atoms with Crippen LogP contribution in [0, 0.1) is 0 Å². The van der Waals surface area contributed by atoms with E-state index in [1.54, 1.807) is 0 Å². The summed E-state index contributed by atoms with van der Waals surface area (Å²) in [4.78, 5) is 5.30. The Morgan fingerprint density at radius 1 is 0.309 bits per heavy atom. The molecule has 0 aliphatic carbocycles. The van der Waals surface area contributed by atoms with Gasteiger partial charge in [0.15, 0.2) is 0 Å². The van der Waals surface area contributed by atoms with E-state index in [4.69, 9.17) is 0 Å². The quantitative estimate of drug-likeness (QED) is 0.110. The first kappa shape index (κ1) is 48.7. The number of anilines is 3. The van der Waals surface area contributed by atoms with Crippen LogP contribution in [-0.2, 0) is 5.41 Å². The molecule has 0 atom stereocenters. The van der Waals surface area contributed by atoms with E-state index in [1.807, 2.05) is 11.8 Å². The lowest BCUT2D eigenvalue weighted by Gasteiger charge is -2.43. The van der Waals surface area contributed by atoms with Crippen LogP contribution in [0.25, 0.3) is 99.4 Å². The Morgan fingerprint density at radius 3 is 1.28 bits per heavy atom. The Morgan fingerprint density at radius 2 is 0.741 bits per heavy atom. The van der Waals surface area contributed by atoms with Gasteiger partial charge in [0.25, 0.3) is 0 Å². The first-order valence-corrected chi connectivity index (χ1v) is 29.1. The molecule has 0 bridgehead atoms. The third-order valence-electron chi connectivity index (χ3n) is 16.8. The molecule has 1 nitrogen and oxygen atoms in total. The van der Waals surface area contributed by atoms with Crippen LogP contribution in [0.15, 0.2) is 295 Å². The standard InChI is InChI=1S/C78H56BNS/c1-78(2,3)61-49-71-76-73(50-61)81-72-48-59(51-24-10-4-11-25-51)40-43-69(72)79(76)68-42-39-58(57-38-41-64-67(44-57)75(56-34-20-9-21-35-56)63-37-23-22-36-62(63)74(64)55-32-18-8-19-33-55)47-70(68)80(71)77-65(53-28-14-6-15-29-53)45-60(52-26-12-5-13-27-52)46-66(77)54-30-16-7-17-31-54/h4-50H,1-3H3. The van der Waals surface area contributed by atoms with Gasteiger partial charge in [-0.1, -0.05) is 281 Å². The second kappa shape index (κ2) is 19.7. The Hall–Kier alpha value is -9.41. The lowest BCUT2D eigenvalue weighted by atomic mass is 9.34. The molecule has 382 valence electrons. The van der Waals surface area contributed by atoms with Gasteiger partial charge in [0.2, 0.25) is 6.71 Å². The van der Waals surface area contributed by atoms with Crippen molar-refractivity contribution in [2.45, 2.75) is 36.0 Å². The van der Waals surface area contributed by atoms with Crippen molar-refractivity contribution in [3.8, 4) is 77.9 Å². The zero-order chi connectivity index (χ0) is 54.2. The van der Waals surface area contributed by atoms with Crippen LogP contribution < -0.4 is 21.3 Å². The van der Waals surface area contributed by atoms with Gasteiger partial charge in [-0.15, -0.1) is 0 Å². The van der Waals surface area contributed by atoms with Gasteiger partial charge < -0.3 is 4.90 Å². The number of rotatable bonds is 8. The summed E-state index contributed by atoms with van der Waals surface area (Å²) in [7, 11) is 0. The molecule has 3 heteroatoms. The highest BCUT2D eigenvalue weighted by Crippen LogP contribution is 2.53. The van der Waals surface area contributed by atoms with Crippen molar-refractivity contribution in [2.75, 3.05) is 4.90 Å². The average molecular weight is 1050 g/mol. The van der Waals surface area contributed by atoms with Gasteiger partial charge >= 0.3 is 0 Å². The highest BCUT2D eigenvalue weighted by molar-refractivity contribution is 8.00. The molecule has 2 heterocycles. The fourth-order valence-corrected chi connectivity index (χ4v) is 14.2. The van der Waals surface area contributed by atoms with Crippen molar-refractivity contribution < 1.29 is 0 Å². The Labute approximate surface area is 480 Å². The molecular formula is C78H56BNS. The molecule has 0 aromatic heterocycles. The van der Waals surface area contributed by atoms with Gasteiger partial charge in [0, 0.05) is 32.3 Å². The Bertz CT molecular complexity index is 4490. The molecule has 2 aliphatic heterocycles. The largest absolute Gasteiger partial charge is 0.310 e. The van der Waals surface area contributed by atoms with Crippen molar-refractivity contribution in [3.63, 3.8) is 0 Å². The molecule has 0 amide bonds. The van der Waals surface area contributed by atoms with Crippen molar-refractivity contribution in [1.29, 1.82) is 0 Å². The number of hydrogen-bond acceptors (Lipinski definition) is 2. The van der Waals surface area contributed by atoms with Crippen LogP contribution in [0.1, 0.15) is 26.3 Å². The lowest BCUT2D eigenvalue weighted by Crippen LogP contribution is -2.60. The topological polar surface area (TPSA) is 3.24 Å². The predicted molar refractivity (Wildman–Crippen MR) is 348 cm³/mol. The smallest absolute Gasteiger partial charge is 0.249 e. The van der Waals surface area contributed by atoms with Gasteiger partial charge in [-0.25, -0.2) is 0 Å². The van der Waals surface area contributed by atoms with Crippen molar-refractivity contribution in [3.05, 3.63) is 291 Å². The lowest BCUT2D eigenvalue weighted by molar-refractivity contribution is 0.589. The maximum Gasteiger partial charge on any atom is 0.249 e. The number of nitrogens with zero attached hydrogens (tertiary/aromatic N) is 1. The summed E-state index contributed by atoms with van der Waals surface area (Å²) < 4.78 is 0. The second-order valence-corrected chi connectivity index (χ2v) is 23.8. The third kappa shape index (κ3) is 8.42. The number of fused-ring (bicyclic) bond motifs is 6. The minimum Gasteiger partial charge on any atom is -0.310 e. The molecule has 0 saturated carbocycles.